The molecule has 9 heavy (non-hydrogen) atoms. The second-order valence-corrected chi connectivity index (χ2v) is 0.971. The zero-order valence-corrected chi connectivity index (χ0v) is 4.96. The van der Waals surface area contributed by atoms with Crippen molar-refractivity contribution in [3.8, 4) is 12.1 Å². The lowest BCUT2D eigenvalue weighted by Crippen LogP contribution is -1.86. The highest BCUT2D eigenvalue weighted by Gasteiger charge is 1.80. The lowest BCUT2D eigenvalue weighted by molar-refractivity contribution is -0.136. The van der Waals surface area contributed by atoms with Gasteiger partial charge in [0, 0.05) is 6.42 Å². The molecule has 0 aliphatic rings. The Labute approximate surface area is 52.9 Å². The third-order valence-corrected chi connectivity index (χ3v) is 0.352. The van der Waals surface area contributed by atoms with Gasteiger partial charge in [0.15, 0.2) is 12.1 Å². The van der Waals surface area contributed by atoms with Crippen LogP contribution in [0.1, 0.15) is 13.3 Å². The summed E-state index contributed by atoms with van der Waals surface area (Å²) in [7, 11) is 0. The Kier molecular flexibility index (Phi) is 11.2. The number of nitriles is 2. The average Bonchev–Trinajstić information content (AvgIpc) is 1.89. The minimum absolute atomic E-state index is 0.222. The third kappa shape index (κ3) is 60.7. The van der Waals surface area contributed by atoms with Gasteiger partial charge >= 0.3 is 5.97 Å². The predicted octanol–water partition coefficient (Wildman–Crippen LogP) is 0.515. The van der Waals surface area contributed by atoms with Gasteiger partial charge in [0.05, 0.1) is 0 Å². The summed E-state index contributed by atoms with van der Waals surface area (Å²) < 4.78 is 0. The monoisotopic (exact) mass is 126 g/mol. The molecule has 48 valence electrons. The van der Waals surface area contributed by atoms with Crippen LogP contribution in [-0.4, -0.2) is 11.1 Å². The van der Waals surface area contributed by atoms with Crippen LogP contribution in [0.15, 0.2) is 0 Å². The topological polar surface area (TPSA) is 84.9 Å². The van der Waals surface area contributed by atoms with Crippen LogP contribution in [0.25, 0.3) is 0 Å². The number of nitrogens with zero attached hydrogens (tertiary/aromatic N) is 2. The van der Waals surface area contributed by atoms with E-state index >= 15 is 0 Å². The quantitative estimate of drug-likeness (QED) is 0.554. The van der Waals surface area contributed by atoms with Crippen LogP contribution in [0.3, 0.4) is 0 Å². The van der Waals surface area contributed by atoms with E-state index in [1.54, 1.807) is 6.92 Å². The van der Waals surface area contributed by atoms with Crippen LogP contribution in [0.2, 0.25) is 0 Å². The molecule has 0 aromatic rings. The Morgan fingerprint density at radius 1 is 1.56 bits per heavy atom. The van der Waals surface area contributed by atoms with Crippen molar-refractivity contribution in [1.29, 1.82) is 10.5 Å². The van der Waals surface area contributed by atoms with E-state index in [0.717, 1.165) is 0 Å². The molecule has 0 aliphatic heterocycles. The van der Waals surface area contributed by atoms with Crippen molar-refractivity contribution >= 4 is 5.97 Å². The molecule has 0 atom stereocenters. The van der Waals surface area contributed by atoms with Crippen LogP contribution in [0.5, 0.6) is 0 Å². The maximum absolute atomic E-state index is 9.37. The van der Waals surface area contributed by atoms with Gasteiger partial charge < -0.3 is 5.11 Å². The second kappa shape index (κ2) is 9.67. The van der Waals surface area contributed by atoms with Crippen LogP contribution in [-0.2, 0) is 4.79 Å². The molecule has 0 aromatic carbocycles. The molecular weight excluding hydrogens is 120 g/mol. The maximum Gasteiger partial charge on any atom is 0.303 e. The SMILES string of the molecule is CCC(=O)O.N#CC#N. The van der Waals surface area contributed by atoms with Crippen molar-refractivity contribution in [2.45, 2.75) is 13.3 Å². The minimum Gasteiger partial charge on any atom is -0.481 e. The van der Waals surface area contributed by atoms with Crippen molar-refractivity contribution in [2.24, 2.45) is 0 Å². The molecular formula is C5H6N2O2. The number of carbonyl (C=O) groups is 1. The summed E-state index contributed by atoms with van der Waals surface area (Å²) in [5, 5.41) is 22.2. The molecule has 4 heteroatoms. The van der Waals surface area contributed by atoms with Crippen molar-refractivity contribution in [3.63, 3.8) is 0 Å². The van der Waals surface area contributed by atoms with E-state index in [2.05, 4.69) is 0 Å². The summed E-state index contributed by atoms with van der Waals surface area (Å²) in [4.78, 5) is 9.37. The fourth-order valence-corrected chi connectivity index (χ4v) is 0. The summed E-state index contributed by atoms with van der Waals surface area (Å²) >= 11 is 0. The molecule has 0 unspecified atom stereocenters. The zero-order valence-electron chi connectivity index (χ0n) is 4.96. The van der Waals surface area contributed by atoms with Gasteiger partial charge in [0.25, 0.3) is 0 Å². The zero-order chi connectivity index (χ0) is 7.70. The van der Waals surface area contributed by atoms with Gasteiger partial charge in [-0.1, -0.05) is 6.92 Å². The first kappa shape index (κ1) is 10.4. The molecule has 0 aromatic heterocycles. The van der Waals surface area contributed by atoms with Gasteiger partial charge in [-0.25, -0.2) is 0 Å². The fraction of sp³-hybridized carbons (Fsp3) is 0.400. The molecule has 4 nitrogen and oxygen atoms in total. The molecule has 0 heterocycles. The van der Waals surface area contributed by atoms with Crippen LogP contribution >= 0.6 is 0 Å². The number of aliphatic carboxylic acids is 1. The maximum atomic E-state index is 9.37. The summed E-state index contributed by atoms with van der Waals surface area (Å²) in [5.41, 5.74) is 0. The first-order valence-electron chi connectivity index (χ1n) is 2.19. The molecule has 0 aliphatic carbocycles. The number of rotatable bonds is 1. The first-order valence-corrected chi connectivity index (χ1v) is 2.19. The van der Waals surface area contributed by atoms with E-state index in [-0.39, 0.29) is 6.42 Å². The minimum atomic E-state index is -0.745. The molecule has 0 amide bonds. The second-order valence-electron chi connectivity index (χ2n) is 0.971. The first-order chi connectivity index (χ1) is 4.18. The summed E-state index contributed by atoms with van der Waals surface area (Å²) in [5.74, 6) is -0.745. The van der Waals surface area contributed by atoms with Gasteiger partial charge in [-0.3, -0.25) is 4.79 Å². The molecule has 0 saturated heterocycles. The molecule has 0 bridgehead atoms. The van der Waals surface area contributed by atoms with Gasteiger partial charge in [0.1, 0.15) is 0 Å². The molecule has 0 radical (unpaired) electrons. The van der Waals surface area contributed by atoms with E-state index in [0.29, 0.717) is 0 Å². The number of carboxylic acids is 1. The van der Waals surface area contributed by atoms with E-state index < -0.39 is 5.97 Å². The van der Waals surface area contributed by atoms with E-state index in [4.69, 9.17) is 15.6 Å². The highest BCUT2D eigenvalue weighted by Crippen LogP contribution is 1.67. The van der Waals surface area contributed by atoms with Crippen molar-refractivity contribution < 1.29 is 9.90 Å². The molecule has 0 spiro atoms. The summed E-state index contributed by atoms with van der Waals surface area (Å²) in [6.45, 7) is 1.60. The Morgan fingerprint density at radius 2 is 1.78 bits per heavy atom. The molecule has 0 fully saturated rings. The lowest BCUT2D eigenvalue weighted by atomic mass is 10.5. The molecule has 0 rings (SSSR count). The van der Waals surface area contributed by atoms with Crippen molar-refractivity contribution in [1.82, 2.24) is 0 Å². The standard InChI is InChI=1S/C3H6O2.C2N2/c1-2-3(4)5;3-1-2-4/h2H2,1H3,(H,4,5);. The number of carboxylic acid groups (broad SMARTS) is 1. The van der Waals surface area contributed by atoms with Crippen LogP contribution < -0.4 is 0 Å². The smallest absolute Gasteiger partial charge is 0.303 e. The summed E-state index contributed by atoms with van der Waals surface area (Å²) in [6.07, 6.45) is 0.222. The normalized spacial score (nSPS) is 5.22. The number of hydrogen-bond donors (Lipinski definition) is 1. The van der Waals surface area contributed by atoms with Crippen molar-refractivity contribution in [3.05, 3.63) is 0 Å². The third-order valence-electron chi connectivity index (χ3n) is 0.352. The Bertz CT molecular complexity index is 139. The average molecular weight is 126 g/mol. The van der Waals surface area contributed by atoms with Gasteiger partial charge in [-0.05, 0) is 0 Å². The van der Waals surface area contributed by atoms with E-state index in [1.807, 2.05) is 0 Å². The van der Waals surface area contributed by atoms with E-state index in [1.165, 1.54) is 12.1 Å². The predicted molar refractivity (Wildman–Crippen MR) is 29.2 cm³/mol. The van der Waals surface area contributed by atoms with Crippen LogP contribution in [0.4, 0.5) is 0 Å². The van der Waals surface area contributed by atoms with Gasteiger partial charge in [0.2, 0.25) is 0 Å². The summed E-state index contributed by atoms with van der Waals surface area (Å²) in [6, 6.07) is 2.47. The number of hydrogen-bond acceptors (Lipinski definition) is 3. The highest BCUT2D eigenvalue weighted by molar-refractivity contribution is 5.66. The Balaban J connectivity index is 0. The molecule has 0 saturated carbocycles. The Hall–Kier alpha value is -1.55. The van der Waals surface area contributed by atoms with Gasteiger partial charge in [-0.15, -0.1) is 0 Å². The largest absolute Gasteiger partial charge is 0.481 e. The lowest BCUT2D eigenvalue weighted by Gasteiger charge is -1.71. The fourth-order valence-electron chi connectivity index (χ4n) is 0. The van der Waals surface area contributed by atoms with Gasteiger partial charge in [-0.2, -0.15) is 10.5 Å². The Morgan fingerprint density at radius 3 is 1.78 bits per heavy atom. The molecule has 1 N–H and O–H groups in total. The van der Waals surface area contributed by atoms with Crippen molar-refractivity contribution in [2.75, 3.05) is 0 Å². The highest BCUT2D eigenvalue weighted by atomic mass is 16.4. The van der Waals surface area contributed by atoms with E-state index in [9.17, 15) is 4.79 Å². The van der Waals surface area contributed by atoms with Crippen LogP contribution in [0, 0.1) is 22.7 Å².